The Morgan fingerprint density at radius 3 is 1.96 bits per heavy atom. The summed E-state index contributed by atoms with van der Waals surface area (Å²) in [5.41, 5.74) is 7.10. The Balaban J connectivity index is 1.23. The maximum absolute atomic E-state index is 5.35. The summed E-state index contributed by atoms with van der Waals surface area (Å²) in [5.74, 6) is 1.79. The number of hydrogen-bond acceptors (Lipinski definition) is 5. The molecule has 238 valence electrons. The van der Waals surface area contributed by atoms with Crippen molar-refractivity contribution in [2.45, 2.75) is 0 Å². The number of para-hydroxylation sites is 3. The van der Waals surface area contributed by atoms with Gasteiger partial charge in [0, 0.05) is 65.2 Å². The van der Waals surface area contributed by atoms with Crippen LogP contribution in [0.3, 0.4) is 0 Å². The number of fused-ring (bicyclic) bond motifs is 9. The van der Waals surface area contributed by atoms with Crippen LogP contribution in [0.25, 0.3) is 98.2 Å². The van der Waals surface area contributed by atoms with E-state index in [1.807, 2.05) is 41.9 Å². The number of benzene rings is 6. The van der Waals surface area contributed by atoms with Gasteiger partial charge in [-0.15, -0.1) is 11.3 Å². The Morgan fingerprint density at radius 1 is 0.431 bits per heavy atom. The number of rotatable bonds is 4. The van der Waals surface area contributed by atoms with Crippen LogP contribution in [-0.2, 0) is 0 Å². The molecule has 11 aromatic rings. The number of hydrogen-bond donors (Lipinski definition) is 0. The summed E-state index contributed by atoms with van der Waals surface area (Å²) in [7, 11) is 0. The first kappa shape index (κ1) is 28.2. The van der Waals surface area contributed by atoms with Crippen molar-refractivity contribution in [3.8, 4) is 34.4 Å². The SMILES string of the molecule is c1ccc(-c2nc(-c3ccccc3-n3c4ccccc4c4cnccc43)nc(-n3c4ccccc4c4cc5sc6ccccc6c5cc43)n2)cc1. The number of thiophene rings is 1. The first-order valence-electron chi connectivity index (χ1n) is 16.9. The lowest BCUT2D eigenvalue weighted by molar-refractivity contribution is 0.952. The fourth-order valence-electron chi connectivity index (χ4n) is 7.64. The van der Waals surface area contributed by atoms with Gasteiger partial charge in [0.1, 0.15) is 0 Å². The molecule has 6 aromatic carbocycles. The van der Waals surface area contributed by atoms with Crippen LogP contribution >= 0.6 is 11.3 Å². The van der Waals surface area contributed by atoms with Crippen molar-refractivity contribution >= 4 is 75.1 Å². The molecule has 5 aromatic heterocycles. The normalized spacial score (nSPS) is 11.9. The molecular formula is C44H26N6S. The van der Waals surface area contributed by atoms with Gasteiger partial charge in [0.15, 0.2) is 11.6 Å². The molecule has 0 N–H and O–H groups in total. The minimum Gasteiger partial charge on any atom is -0.308 e. The van der Waals surface area contributed by atoms with Crippen molar-refractivity contribution in [1.29, 1.82) is 0 Å². The minimum atomic E-state index is 0.574. The van der Waals surface area contributed by atoms with Gasteiger partial charge in [0.25, 0.3) is 0 Å². The molecule has 0 bridgehead atoms. The molecule has 0 radical (unpaired) electrons. The van der Waals surface area contributed by atoms with Gasteiger partial charge in [-0.1, -0.05) is 97.1 Å². The monoisotopic (exact) mass is 670 g/mol. The zero-order valence-electron chi connectivity index (χ0n) is 27.1. The fourth-order valence-corrected chi connectivity index (χ4v) is 8.76. The highest BCUT2D eigenvalue weighted by Gasteiger charge is 2.22. The first-order valence-corrected chi connectivity index (χ1v) is 17.7. The van der Waals surface area contributed by atoms with Gasteiger partial charge in [-0.05, 0) is 48.5 Å². The second-order valence-corrected chi connectivity index (χ2v) is 13.8. The molecular weight excluding hydrogens is 645 g/mol. The van der Waals surface area contributed by atoms with Crippen molar-refractivity contribution in [3.63, 3.8) is 0 Å². The molecule has 51 heavy (non-hydrogen) atoms. The highest BCUT2D eigenvalue weighted by atomic mass is 32.1. The summed E-state index contributed by atoms with van der Waals surface area (Å²) in [5, 5.41) is 7.07. The molecule has 0 fully saturated rings. The predicted molar refractivity (Wildman–Crippen MR) is 210 cm³/mol. The van der Waals surface area contributed by atoms with Crippen LogP contribution in [0.1, 0.15) is 0 Å². The van der Waals surface area contributed by atoms with Crippen molar-refractivity contribution in [2.75, 3.05) is 0 Å². The lowest BCUT2D eigenvalue weighted by Gasteiger charge is -2.15. The summed E-state index contributed by atoms with van der Waals surface area (Å²) in [4.78, 5) is 20.2. The van der Waals surface area contributed by atoms with Crippen molar-refractivity contribution < 1.29 is 0 Å². The summed E-state index contributed by atoms with van der Waals surface area (Å²) >= 11 is 1.83. The van der Waals surface area contributed by atoms with E-state index in [0.717, 1.165) is 55.0 Å². The number of pyridine rings is 1. The van der Waals surface area contributed by atoms with E-state index in [1.165, 1.54) is 25.6 Å². The maximum atomic E-state index is 5.35. The summed E-state index contributed by atoms with van der Waals surface area (Å²) in [6, 6.07) is 50.9. The number of nitrogens with zero attached hydrogens (tertiary/aromatic N) is 6. The molecule has 0 saturated carbocycles. The topological polar surface area (TPSA) is 61.4 Å². The second kappa shape index (κ2) is 10.9. The van der Waals surface area contributed by atoms with Crippen LogP contribution in [0.15, 0.2) is 158 Å². The lowest BCUT2D eigenvalue weighted by Crippen LogP contribution is -2.07. The van der Waals surface area contributed by atoms with Gasteiger partial charge >= 0.3 is 0 Å². The predicted octanol–water partition coefficient (Wildman–Crippen LogP) is 11.2. The standard InChI is InChI=1S/C44H26N6S/c1-2-12-27(13-3-1)42-46-43(31-17-6-10-20-37(31)49-35-18-8-5-15-29(35)34-26-45-23-22-38(34)49)48-44(47-42)50-36-19-9-4-14-28(36)32-25-41-33(24-39(32)50)30-16-7-11-21-40(30)51-41/h1-26H. The molecule has 5 heterocycles. The molecule has 0 amide bonds. The molecule has 11 rings (SSSR count). The smallest absolute Gasteiger partial charge is 0.238 e. The zero-order chi connectivity index (χ0) is 33.5. The molecule has 7 heteroatoms. The van der Waals surface area contributed by atoms with Gasteiger partial charge in [-0.3, -0.25) is 9.55 Å². The van der Waals surface area contributed by atoms with Gasteiger partial charge in [-0.2, -0.15) is 9.97 Å². The zero-order valence-corrected chi connectivity index (χ0v) is 27.9. The van der Waals surface area contributed by atoms with Crippen LogP contribution in [-0.4, -0.2) is 29.1 Å². The fraction of sp³-hybridized carbons (Fsp3) is 0. The van der Waals surface area contributed by atoms with E-state index in [-0.39, 0.29) is 0 Å². The van der Waals surface area contributed by atoms with Crippen LogP contribution in [0.5, 0.6) is 0 Å². The summed E-state index contributed by atoms with van der Waals surface area (Å²) in [6.45, 7) is 0. The third-order valence-electron chi connectivity index (χ3n) is 9.89. The average Bonchev–Trinajstić information content (AvgIpc) is 3.84. The summed E-state index contributed by atoms with van der Waals surface area (Å²) < 4.78 is 7.06. The molecule has 0 aliphatic carbocycles. The van der Waals surface area contributed by atoms with E-state index in [2.05, 4.69) is 142 Å². The Labute approximate surface area is 295 Å². The Bertz CT molecular complexity index is 3100. The van der Waals surface area contributed by atoms with E-state index < -0.39 is 0 Å². The van der Waals surface area contributed by atoms with Crippen LogP contribution in [0, 0.1) is 0 Å². The van der Waals surface area contributed by atoms with E-state index in [1.54, 1.807) is 0 Å². The van der Waals surface area contributed by atoms with Crippen LogP contribution < -0.4 is 0 Å². The molecule has 0 unspecified atom stereocenters. The van der Waals surface area contributed by atoms with E-state index >= 15 is 0 Å². The third-order valence-corrected chi connectivity index (χ3v) is 11.0. The van der Waals surface area contributed by atoms with Crippen molar-refractivity contribution in [1.82, 2.24) is 29.1 Å². The average molecular weight is 671 g/mol. The molecule has 0 aliphatic heterocycles. The molecule has 6 nitrogen and oxygen atoms in total. The maximum Gasteiger partial charge on any atom is 0.238 e. The Kier molecular flexibility index (Phi) is 6.02. The Hall–Kier alpha value is -6.70. The second-order valence-electron chi connectivity index (χ2n) is 12.7. The number of aromatic nitrogens is 6. The van der Waals surface area contributed by atoms with Crippen molar-refractivity contribution in [2.24, 2.45) is 0 Å². The van der Waals surface area contributed by atoms with Gasteiger partial charge in [0.2, 0.25) is 5.95 Å². The van der Waals surface area contributed by atoms with Gasteiger partial charge in [0.05, 0.1) is 27.8 Å². The van der Waals surface area contributed by atoms with E-state index in [4.69, 9.17) is 15.0 Å². The highest BCUT2D eigenvalue weighted by Crippen LogP contribution is 2.41. The van der Waals surface area contributed by atoms with Gasteiger partial charge in [-0.25, -0.2) is 4.98 Å². The molecule has 0 atom stereocenters. The quantitative estimate of drug-likeness (QED) is 0.187. The molecule has 0 saturated heterocycles. The molecule has 0 aliphatic rings. The van der Waals surface area contributed by atoms with Crippen LogP contribution in [0.4, 0.5) is 0 Å². The molecule has 0 spiro atoms. The third kappa shape index (κ3) is 4.22. The minimum absolute atomic E-state index is 0.574. The Morgan fingerprint density at radius 2 is 1.10 bits per heavy atom. The van der Waals surface area contributed by atoms with Crippen molar-refractivity contribution in [3.05, 3.63) is 158 Å². The van der Waals surface area contributed by atoms with E-state index in [9.17, 15) is 0 Å². The summed E-state index contributed by atoms with van der Waals surface area (Å²) in [6.07, 6.45) is 3.80. The van der Waals surface area contributed by atoms with Gasteiger partial charge < -0.3 is 4.57 Å². The van der Waals surface area contributed by atoms with Crippen LogP contribution in [0.2, 0.25) is 0 Å². The largest absolute Gasteiger partial charge is 0.308 e. The highest BCUT2D eigenvalue weighted by molar-refractivity contribution is 7.25. The van der Waals surface area contributed by atoms with E-state index in [0.29, 0.717) is 17.6 Å². The first-order chi connectivity index (χ1) is 25.3. The lowest BCUT2D eigenvalue weighted by atomic mass is 10.1.